The molecule has 0 aromatic rings. The predicted molar refractivity (Wildman–Crippen MR) is 133 cm³/mol. The second-order valence-corrected chi connectivity index (χ2v) is 10.4. The minimum absolute atomic E-state index is 0.00227. The summed E-state index contributed by atoms with van der Waals surface area (Å²) in [5.74, 6) is -0.441. The van der Waals surface area contributed by atoms with Gasteiger partial charge < -0.3 is 25.9 Å². The minimum atomic E-state index is -0.722. The highest BCUT2D eigenvalue weighted by Gasteiger charge is 2.36. The van der Waals surface area contributed by atoms with Crippen molar-refractivity contribution in [1.82, 2.24) is 21.4 Å². The van der Waals surface area contributed by atoms with E-state index in [1.807, 2.05) is 20.8 Å². The maximum atomic E-state index is 12.8. The zero-order valence-corrected chi connectivity index (χ0v) is 21.6. The van der Waals surface area contributed by atoms with Crippen molar-refractivity contribution in [2.75, 3.05) is 19.8 Å². The molecule has 0 radical (unpaired) electrons. The van der Waals surface area contributed by atoms with Crippen molar-refractivity contribution < 1.29 is 24.0 Å². The van der Waals surface area contributed by atoms with Gasteiger partial charge in [-0.3, -0.25) is 19.7 Å². The molecule has 34 heavy (non-hydrogen) atoms. The Bertz CT molecular complexity index is 668. The quantitative estimate of drug-likeness (QED) is 0.0819. The zero-order chi connectivity index (χ0) is 25.1. The van der Waals surface area contributed by atoms with E-state index < -0.39 is 12.1 Å². The third-order valence-corrected chi connectivity index (χ3v) is 6.74. The van der Waals surface area contributed by atoms with Gasteiger partial charge in [-0.15, -0.1) is 0 Å². The number of hydrogen-bond donors (Lipinski definition) is 6. The molecule has 2 aliphatic rings. The molecule has 0 aliphatic heterocycles. The Hall–Kier alpha value is -1.40. The van der Waals surface area contributed by atoms with Crippen molar-refractivity contribution in [2.24, 2.45) is 11.7 Å². The Morgan fingerprint density at radius 3 is 2.41 bits per heavy atom. The van der Waals surface area contributed by atoms with Crippen molar-refractivity contribution in [2.45, 2.75) is 101 Å². The molecule has 6 unspecified atom stereocenters. The van der Waals surface area contributed by atoms with Crippen LogP contribution in [0.1, 0.15) is 65.7 Å². The molecule has 2 rings (SSSR count). The molecule has 2 fully saturated rings. The van der Waals surface area contributed by atoms with Crippen molar-refractivity contribution in [3.8, 4) is 0 Å². The highest BCUT2D eigenvalue weighted by Crippen LogP contribution is 2.24. The summed E-state index contributed by atoms with van der Waals surface area (Å²) in [6.07, 6.45) is 5.34. The SMILES string of the molecule is CCONCC(=O)NC1CCC1NC(CC(C)C)C(=O)OCCC(N)C(=O)NC1CCC(S)C1. The Morgan fingerprint density at radius 1 is 1.09 bits per heavy atom. The molecule has 0 aromatic heterocycles. The first kappa shape index (κ1) is 28.8. The van der Waals surface area contributed by atoms with Crippen molar-refractivity contribution >= 4 is 30.4 Å². The van der Waals surface area contributed by atoms with Gasteiger partial charge in [0, 0.05) is 29.8 Å². The van der Waals surface area contributed by atoms with Gasteiger partial charge in [0.1, 0.15) is 6.04 Å². The fourth-order valence-corrected chi connectivity index (χ4v) is 4.63. The Labute approximate surface area is 208 Å². The highest BCUT2D eigenvalue weighted by atomic mass is 32.1. The van der Waals surface area contributed by atoms with Gasteiger partial charge in [0.15, 0.2) is 0 Å². The minimum Gasteiger partial charge on any atom is -0.464 e. The molecule has 196 valence electrons. The first-order valence-corrected chi connectivity index (χ1v) is 13.0. The number of nitrogens with two attached hydrogens (primary N) is 1. The fourth-order valence-electron chi connectivity index (χ4n) is 4.23. The number of carbonyl (C=O) groups is 3. The topological polar surface area (TPSA) is 144 Å². The van der Waals surface area contributed by atoms with E-state index in [1.54, 1.807) is 0 Å². The lowest BCUT2D eigenvalue weighted by Crippen LogP contribution is -2.61. The maximum absolute atomic E-state index is 12.8. The summed E-state index contributed by atoms with van der Waals surface area (Å²) < 4.78 is 5.48. The zero-order valence-electron chi connectivity index (χ0n) is 20.7. The van der Waals surface area contributed by atoms with Crippen LogP contribution >= 0.6 is 12.6 Å². The number of amides is 2. The monoisotopic (exact) mass is 501 g/mol. The molecule has 0 aromatic carbocycles. The normalized spacial score (nSPS) is 25.9. The van der Waals surface area contributed by atoms with E-state index >= 15 is 0 Å². The molecule has 6 N–H and O–H groups in total. The van der Waals surface area contributed by atoms with Gasteiger partial charge in [-0.05, 0) is 51.4 Å². The summed E-state index contributed by atoms with van der Waals surface area (Å²) >= 11 is 4.45. The number of nitrogens with one attached hydrogen (secondary N) is 4. The van der Waals surface area contributed by atoms with E-state index in [4.69, 9.17) is 15.3 Å². The number of esters is 1. The van der Waals surface area contributed by atoms with Gasteiger partial charge >= 0.3 is 5.97 Å². The summed E-state index contributed by atoms with van der Waals surface area (Å²) in [6.45, 7) is 6.56. The van der Waals surface area contributed by atoms with Gasteiger partial charge in [0.2, 0.25) is 11.8 Å². The number of carbonyl (C=O) groups excluding carboxylic acids is 3. The average Bonchev–Trinajstić information content (AvgIpc) is 3.18. The average molecular weight is 502 g/mol. The third-order valence-electron chi connectivity index (χ3n) is 6.27. The molecule has 2 aliphatic carbocycles. The van der Waals surface area contributed by atoms with Crippen molar-refractivity contribution in [3.63, 3.8) is 0 Å². The van der Waals surface area contributed by atoms with Crippen LogP contribution in [0.15, 0.2) is 0 Å². The number of hydroxylamine groups is 1. The molecular formula is C23H43N5O5S. The van der Waals surface area contributed by atoms with Crippen molar-refractivity contribution in [3.05, 3.63) is 0 Å². The summed E-state index contributed by atoms with van der Waals surface area (Å²) in [5.41, 5.74) is 8.60. The molecule has 10 nitrogen and oxygen atoms in total. The first-order valence-electron chi connectivity index (χ1n) is 12.5. The lowest BCUT2D eigenvalue weighted by molar-refractivity contribution is -0.147. The molecule has 2 saturated carbocycles. The fraction of sp³-hybridized carbons (Fsp3) is 0.870. The van der Waals surface area contributed by atoms with Gasteiger partial charge in [-0.2, -0.15) is 18.1 Å². The van der Waals surface area contributed by atoms with Crippen LogP contribution in [-0.2, 0) is 24.0 Å². The van der Waals surface area contributed by atoms with Crippen LogP contribution < -0.4 is 27.2 Å². The molecule has 6 atom stereocenters. The van der Waals surface area contributed by atoms with Gasteiger partial charge in [-0.1, -0.05) is 13.8 Å². The Balaban J connectivity index is 1.74. The lowest BCUT2D eigenvalue weighted by atomic mass is 9.85. The largest absolute Gasteiger partial charge is 0.464 e. The molecule has 0 spiro atoms. The van der Waals surface area contributed by atoms with Crippen LogP contribution in [0.3, 0.4) is 0 Å². The van der Waals surface area contributed by atoms with Crippen LogP contribution in [0.5, 0.6) is 0 Å². The highest BCUT2D eigenvalue weighted by molar-refractivity contribution is 7.80. The smallest absolute Gasteiger partial charge is 0.323 e. The third kappa shape index (κ3) is 10.1. The number of rotatable bonds is 15. The molecular weight excluding hydrogens is 458 g/mol. The van der Waals surface area contributed by atoms with E-state index in [1.165, 1.54) is 0 Å². The molecule has 0 heterocycles. The number of ether oxygens (including phenoxy) is 1. The molecule has 0 bridgehead atoms. The van der Waals surface area contributed by atoms with E-state index in [2.05, 4.69) is 34.1 Å². The lowest BCUT2D eigenvalue weighted by Gasteiger charge is -2.40. The second-order valence-electron chi connectivity index (χ2n) is 9.70. The van der Waals surface area contributed by atoms with E-state index in [-0.39, 0.29) is 61.4 Å². The van der Waals surface area contributed by atoms with Gasteiger partial charge in [-0.25, -0.2) is 0 Å². The molecule has 0 saturated heterocycles. The van der Waals surface area contributed by atoms with Crippen LogP contribution in [0, 0.1) is 5.92 Å². The molecule has 11 heteroatoms. The summed E-state index contributed by atoms with van der Waals surface area (Å²) in [6, 6.07) is -1.12. The van der Waals surface area contributed by atoms with Crippen LogP contribution in [0.25, 0.3) is 0 Å². The van der Waals surface area contributed by atoms with E-state index in [0.717, 1.165) is 32.1 Å². The van der Waals surface area contributed by atoms with Gasteiger partial charge in [0.05, 0.1) is 25.8 Å². The summed E-state index contributed by atoms with van der Waals surface area (Å²) in [5, 5.41) is 9.61. The second kappa shape index (κ2) is 14.9. The van der Waals surface area contributed by atoms with E-state index in [0.29, 0.717) is 18.3 Å². The summed E-state index contributed by atoms with van der Waals surface area (Å²) in [4.78, 5) is 42.1. The summed E-state index contributed by atoms with van der Waals surface area (Å²) in [7, 11) is 0. The Kier molecular flexibility index (Phi) is 12.6. The molecule has 2 amide bonds. The van der Waals surface area contributed by atoms with Gasteiger partial charge in [0.25, 0.3) is 0 Å². The van der Waals surface area contributed by atoms with Crippen LogP contribution in [-0.4, -0.2) is 73.0 Å². The van der Waals surface area contributed by atoms with E-state index in [9.17, 15) is 14.4 Å². The first-order chi connectivity index (χ1) is 16.2. The predicted octanol–water partition coefficient (Wildman–Crippen LogP) is 0.407. The number of hydrogen-bond acceptors (Lipinski definition) is 9. The maximum Gasteiger partial charge on any atom is 0.323 e. The van der Waals surface area contributed by atoms with Crippen molar-refractivity contribution in [1.29, 1.82) is 0 Å². The standard InChI is InChI=1S/C23H43N5O5S/c1-4-33-25-13-21(29)28-19-8-7-18(19)27-20(11-14(2)3)23(31)32-10-9-17(24)22(30)26-15-5-6-16(34)12-15/h14-20,25,27,34H,4-13,24H2,1-3H3,(H,26,30)(H,28,29). The number of thiol groups is 1. The Morgan fingerprint density at radius 2 is 1.82 bits per heavy atom. The van der Waals surface area contributed by atoms with Crippen LogP contribution in [0.4, 0.5) is 0 Å². The van der Waals surface area contributed by atoms with Crippen LogP contribution in [0.2, 0.25) is 0 Å².